The fourth-order valence-electron chi connectivity index (χ4n) is 3.31. The quantitative estimate of drug-likeness (QED) is 0.267. The van der Waals surface area contributed by atoms with E-state index in [0.717, 1.165) is 16.9 Å². The summed E-state index contributed by atoms with van der Waals surface area (Å²) >= 11 is 12.1. The van der Waals surface area contributed by atoms with Crippen molar-refractivity contribution in [1.82, 2.24) is 10.1 Å². The van der Waals surface area contributed by atoms with Gasteiger partial charge in [-0.2, -0.15) is 4.98 Å². The Hall–Kier alpha value is -3.55. The summed E-state index contributed by atoms with van der Waals surface area (Å²) in [6.07, 6.45) is 0.498. The molecular weight excluding hydrogens is 489 g/mol. The summed E-state index contributed by atoms with van der Waals surface area (Å²) in [6.45, 7) is 1.78. The first-order valence-electron chi connectivity index (χ1n) is 10.9. The number of halogens is 2. The Kier molecular flexibility index (Phi) is 7.90. The van der Waals surface area contributed by atoms with Crippen molar-refractivity contribution in [2.45, 2.75) is 25.9 Å². The lowest BCUT2D eigenvalue weighted by molar-refractivity contribution is -0.116. The van der Waals surface area contributed by atoms with Crippen LogP contribution in [0.25, 0.3) is 11.4 Å². The van der Waals surface area contributed by atoms with Gasteiger partial charge in [0, 0.05) is 22.7 Å². The molecule has 1 heterocycles. The number of nitrogens with zero attached hydrogens (tertiary/aromatic N) is 2. The Morgan fingerprint density at radius 2 is 1.80 bits per heavy atom. The van der Waals surface area contributed by atoms with Gasteiger partial charge in [0.05, 0.1) is 12.1 Å². The molecule has 35 heavy (non-hydrogen) atoms. The maximum absolute atomic E-state index is 12.3. The van der Waals surface area contributed by atoms with Crippen molar-refractivity contribution in [3.8, 4) is 22.9 Å². The van der Waals surface area contributed by atoms with E-state index in [2.05, 4.69) is 15.5 Å². The number of ether oxygens (including phenoxy) is 2. The van der Waals surface area contributed by atoms with Gasteiger partial charge in [-0.1, -0.05) is 40.5 Å². The van der Waals surface area contributed by atoms with Gasteiger partial charge in [-0.05, 0) is 73.5 Å². The van der Waals surface area contributed by atoms with Crippen molar-refractivity contribution in [3.63, 3.8) is 0 Å². The van der Waals surface area contributed by atoms with Crippen molar-refractivity contribution < 1.29 is 18.8 Å². The minimum absolute atomic E-state index is 0.0674. The number of aryl methyl sites for hydroxylation is 1. The SMILES string of the molecule is COc1ccc(CCC(=O)Nc2ccc(-c3noc(C(C)Oc4ccc(Cl)cc4Cl)n3)cc2)cc1. The summed E-state index contributed by atoms with van der Waals surface area (Å²) in [5.41, 5.74) is 2.50. The Bertz CT molecular complexity index is 1290. The van der Waals surface area contributed by atoms with E-state index in [9.17, 15) is 4.79 Å². The first kappa shape index (κ1) is 24.6. The fourth-order valence-corrected chi connectivity index (χ4v) is 3.76. The number of hydrogen-bond donors (Lipinski definition) is 1. The molecule has 0 radical (unpaired) electrons. The number of amides is 1. The molecule has 1 amide bonds. The van der Waals surface area contributed by atoms with E-state index in [1.807, 2.05) is 36.4 Å². The molecule has 4 rings (SSSR count). The molecule has 0 fully saturated rings. The third kappa shape index (κ3) is 6.53. The second-order valence-corrected chi connectivity index (χ2v) is 8.61. The molecular formula is C26H23Cl2N3O4. The maximum atomic E-state index is 12.3. The number of rotatable bonds is 9. The summed E-state index contributed by atoms with van der Waals surface area (Å²) in [7, 11) is 1.62. The molecule has 1 atom stereocenters. The smallest absolute Gasteiger partial charge is 0.267 e. The zero-order chi connectivity index (χ0) is 24.8. The highest BCUT2D eigenvalue weighted by Crippen LogP contribution is 2.31. The van der Waals surface area contributed by atoms with Crippen molar-refractivity contribution in [1.29, 1.82) is 0 Å². The Balaban J connectivity index is 1.32. The third-order valence-electron chi connectivity index (χ3n) is 5.21. The molecule has 0 aliphatic carbocycles. The van der Waals surface area contributed by atoms with E-state index in [1.165, 1.54) is 0 Å². The average molecular weight is 512 g/mol. The van der Waals surface area contributed by atoms with Gasteiger partial charge in [0.2, 0.25) is 11.7 Å². The topological polar surface area (TPSA) is 86.5 Å². The molecule has 0 aliphatic rings. The van der Waals surface area contributed by atoms with Crippen LogP contribution in [-0.4, -0.2) is 23.2 Å². The van der Waals surface area contributed by atoms with Crippen molar-refractivity contribution in [2.24, 2.45) is 0 Å². The van der Waals surface area contributed by atoms with Gasteiger partial charge >= 0.3 is 0 Å². The lowest BCUT2D eigenvalue weighted by atomic mass is 10.1. The minimum Gasteiger partial charge on any atom is -0.497 e. The van der Waals surface area contributed by atoms with Crippen LogP contribution in [0.5, 0.6) is 11.5 Å². The van der Waals surface area contributed by atoms with Crippen LogP contribution in [0, 0.1) is 0 Å². The van der Waals surface area contributed by atoms with E-state index < -0.39 is 6.10 Å². The van der Waals surface area contributed by atoms with Crippen LogP contribution in [0.3, 0.4) is 0 Å². The van der Waals surface area contributed by atoms with Gasteiger partial charge in [-0.3, -0.25) is 4.79 Å². The largest absolute Gasteiger partial charge is 0.497 e. The molecule has 3 aromatic carbocycles. The Morgan fingerprint density at radius 3 is 2.49 bits per heavy atom. The summed E-state index contributed by atoms with van der Waals surface area (Å²) in [6, 6.07) is 19.9. The van der Waals surface area contributed by atoms with Gasteiger partial charge in [-0.15, -0.1) is 0 Å². The molecule has 1 unspecified atom stereocenters. The lowest BCUT2D eigenvalue weighted by Crippen LogP contribution is -2.12. The molecule has 1 aromatic heterocycles. The molecule has 0 saturated carbocycles. The number of hydrogen-bond acceptors (Lipinski definition) is 6. The van der Waals surface area contributed by atoms with Crippen LogP contribution < -0.4 is 14.8 Å². The number of benzene rings is 3. The van der Waals surface area contributed by atoms with E-state index in [4.69, 9.17) is 37.2 Å². The summed E-state index contributed by atoms with van der Waals surface area (Å²) in [5, 5.41) is 7.85. The molecule has 0 saturated heterocycles. The molecule has 0 bridgehead atoms. The zero-order valence-electron chi connectivity index (χ0n) is 19.1. The van der Waals surface area contributed by atoms with Gasteiger partial charge in [0.25, 0.3) is 5.89 Å². The fraction of sp³-hybridized carbons (Fsp3) is 0.192. The van der Waals surface area contributed by atoms with Crippen molar-refractivity contribution in [2.75, 3.05) is 12.4 Å². The second-order valence-electron chi connectivity index (χ2n) is 7.76. The van der Waals surface area contributed by atoms with E-state index in [0.29, 0.717) is 46.0 Å². The highest BCUT2D eigenvalue weighted by molar-refractivity contribution is 6.35. The third-order valence-corrected chi connectivity index (χ3v) is 5.74. The normalized spacial score (nSPS) is 11.7. The van der Waals surface area contributed by atoms with Gasteiger partial charge in [0.1, 0.15) is 11.5 Å². The summed E-state index contributed by atoms with van der Waals surface area (Å²) in [5.74, 6) is 1.91. The van der Waals surface area contributed by atoms with Crippen LogP contribution in [0.2, 0.25) is 10.0 Å². The Labute approximate surface area is 213 Å². The highest BCUT2D eigenvalue weighted by Gasteiger charge is 2.18. The number of carbonyl (C=O) groups is 1. The second kappa shape index (κ2) is 11.3. The van der Waals surface area contributed by atoms with Crippen molar-refractivity contribution in [3.05, 3.63) is 88.2 Å². The summed E-state index contributed by atoms with van der Waals surface area (Å²) in [4.78, 5) is 16.8. The first-order valence-corrected chi connectivity index (χ1v) is 11.7. The van der Waals surface area contributed by atoms with Gasteiger partial charge in [-0.25, -0.2) is 0 Å². The van der Waals surface area contributed by atoms with Gasteiger partial charge < -0.3 is 19.3 Å². The van der Waals surface area contributed by atoms with E-state index in [-0.39, 0.29) is 5.91 Å². The highest BCUT2D eigenvalue weighted by atomic mass is 35.5. The Morgan fingerprint density at radius 1 is 1.06 bits per heavy atom. The maximum Gasteiger partial charge on any atom is 0.267 e. The number of nitrogens with one attached hydrogen (secondary N) is 1. The number of methoxy groups -OCH3 is 1. The molecule has 4 aromatic rings. The van der Waals surface area contributed by atoms with E-state index >= 15 is 0 Å². The number of aromatic nitrogens is 2. The minimum atomic E-state index is -0.515. The van der Waals surface area contributed by atoms with Crippen LogP contribution in [0.15, 0.2) is 71.3 Å². The summed E-state index contributed by atoms with van der Waals surface area (Å²) < 4.78 is 16.3. The molecule has 7 nitrogen and oxygen atoms in total. The van der Waals surface area contributed by atoms with Crippen LogP contribution in [0.4, 0.5) is 5.69 Å². The molecule has 180 valence electrons. The van der Waals surface area contributed by atoms with Crippen LogP contribution >= 0.6 is 23.2 Å². The molecule has 9 heteroatoms. The average Bonchev–Trinajstić information content (AvgIpc) is 3.36. The van der Waals surface area contributed by atoms with Crippen molar-refractivity contribution >= 4 is 34.8 Å². The number of anilines is 1. The lowest BCUT2D eigenvalue weighted by Gasteiger charge is -2.12. The predicted molar refractivity (Wildman–Crippen MR) is 135 cm³/mol. The first-order chi connectivity index (χ1) is 16.9. The molecule has 1 N–H and O–H groups in total. The zero-order valence-corrected chi connectivity index (χ0v) is 20.6. The molecule has 0 aliphatic heterocycles. The van der Waals surface area contributed by atoms with E-state index in [1.54, 1.807) is 44.4 Å². The standard InChI is InChI=1S/C26H23Cl2N3O4/c1-16(34-23-13-8-19(27)15-22(23)28)26-30-25(31-35-26)18-6-9-20(10-7-18)29-24(32)14-5-17-3-11-21(33-2)12-4-17/h3-4,6-13,15-16H,5,14H2,1-2H3,(H,29,32). The van der Waals surface area contributed by atoms with Gasteiger partial charge in [0.15, 0.2) is 6.10 Å². The monoisotopic (exact) mass is 511 g/mol. The predicted octanol–water partition coefficient (Wildman–Crippen LogP) is 6.76. The van der Waals surface area contributed by atoms with Crippen LogP contribution in [-0.2, 0) is 11.2 Å². The number of carbonyl (C=O) groups excluding carboxylic acids is 1. The van der Waals surface area contributed by atoms with Crippen LogP contribution in [0.1, 0.15) is 30.9 Å². The molecule has 0 spiro atoms.